The second-order valence-corrected chi connectivity index (χ2v) is 38.4. The molecule has 0 spiro atoms. The summed E-state index contributed by atoms with van der Waals surface area (Å²) in [5.74, 6) is 0. The number of nitrogens with one attached hydrogen (secondary N) is 6. The molecule has 3 aliphatic heterocycles. The lowest BCUT2D eigenvalue weighted by atomic mass is 10.2. The molecule has 0 aliphatic carbocycles. The molecule has 3 saturated heterocycles. The molecule has 23 N–H and O–H groups in total. The van der Waals surface area contributed by atoms with Crippen LogP contribution in [0.25, 0.3) is 0 Å². The first-order chi connectivity index (χ1) is 56.8. The summed E-state index contributed by atoms with van der Waals surface area (Å²) in [7, 11) is -14.6. The van der Waals surface area contributed by atoms with E-state index >= 15 is 0 Å². The van der Waals surface area contributed by atoms with Gasteiger partial charge in [-0.25, -0.2) is 69.4 Å². The number of sulfonamides is 6. The van der Waals surface area contributed by atoms with E-state index in [1.165, 1.54) is 55.6 Å². The summed E-state index contributed by atoms with van der Waals surface area (Å²) in [6, 6.07) is 41.6. The molecule has 662 valence electrons. The molecule has 1 aromatic heterocycles. The normalized spacial score (nSPS) is 13.9. The topological polar surface area (TPSA) is 561 Å². The molecule has 42 heteroatoms. The fourth-order valence-electron chi connectivity index (χ4n) is 12.3. The zero-order chi connectivity index (χ0) is 88.6. The van der Waals surface area contributed by atoms with E-state index in [0.29, 0.717) is 75.6 Å². The van der Waals surface area contributed by atoms with Crippen LogP contribution >= 0.6 is 0 Å². The van der Waals surface area contributed by atoms with Crippen molar-refractivity contribution < 1.29 is 70.6 Å². The minimum atomic E-state index is -3.74. The Kier molecular flexibility index (Phi) is 38.8. The van der Waals surface area contributed by atoms with Crippen LogP contribution in [0.15, 0.2) is 187 Å². The van der Waals surface area contributed by atoms with Crippen molar-refractivity contribution >= 4 is 134 Å². The average molecular weight is 1780 g/mol. The summed E-state index contributed by atoms with van der Waals surface area (Å²) in [6.07, 6.45) is 6.24. The van der Waals surface area contributed by atoms with Crippen LogP contribution in [0, 0.1) is 6.92 Å². The summed E-state index contributed by atoms with van der Waals surface area (Å²) in [4.78, 5) is 15.3. The molecular formula is C78H118N20O16S6. The van der Waals surface area contributed by atoms with E-state index < -0.39 is 60.1 Å². The zero-order valence-electron chi connectivity index (χ0n) is 68.8. The third kappa shape index (κ3) is 29.9. The number of piperazine rings is 1. The van der Waals surface area contributed by atoms with Gasteiger partial charge in [0.1, 0.15) is 29.4 Å². The number of aromatic nitrogens is 1. The number of benzene rings is 7. The van der Waals surface area contributed by atoms with E-state index in [2.05, 4.69) is 55.7 Å². The number of nitrogens with two attached hydrogens (primary N) is 7. The SMILES string of the molecule is CCN(CC)c1ccc(N)cc1S(=O)(=O)N1CCCC1.CN(C)c1ccc(N)cc1S(=O)(=O)NCCc1ccccn1.CNS(=O)(=O)c1cc(N)ccc1N1CCN(C)CC1.Cc1ccc(NS(=O)(=O)c2cc(N)ccc2N2CCCC2)cc1.Nc1ccc(N)c(S(=O)(=O)NCCOCCO)c1.Nc1ccc(NCCO)c(S(=O)(=O)NCCO)c1. The number of rotatable bonds is 32. The average Bonchev–Trinajstić information content (AvgIpc) is 1.82. The lowest BCUT2D eigenvalue weighted by Crippen LogP contribution is -2.45. The third-order valence-electron chi connectivity index (χ3n) is 18.6. The number of hydrogen-bond acceptors (Lipinski definition) is 30. The van der Waals surface area contributed by atoms with Gasteiger partial charge < -0.3 is 90.0 Å². The lowest BCUT2D eigenvalue weighted by Gasteiger charge is -2.35. The Labute approximate surface area is 707 Å². The fourth-order valence-corrected chi connectivity index (χ4v) is 20.1. The number of nitrogen functional groups attached to an aromatic ring is 7. The maximum Gasteiger partial charge on any atom is 0.264 e. The van der Waals surface area contributed by atoms with Crippen LogP contribution in [0.5, 0.6) is 0 Å². The van der Waals surface area contributed by atoms with Gasteiger partial charge in [-0.3, -0.25) is 9.71 Å². The first-order valence-electron chi connectivity index (χ1n) is 38.6. The van der Waals surface area contributed by atoms with Gasteiger partial charge in [-0.1, -0.05) is 23.8 Å². The zero-order valence-corrected chi connectivity index (χ0v) is 73.7. The van der Waals surface area contributed by atoms with Crippen LogP contribution in [0.3, 0.4) is 0 Å². The van der Waals surface area contributed by atoms with Gasteiger partial charge in [0.15, 0.2) is 0 Å². The van der Waals surface area contributed by atoms with Crippen LogP contribution < -0.4 is 88.7 Å². The molecule has 11 rings (SSSR count). The summed E-state index contributed by atoms with van der Waals surface area (Å²) in [5, 5.41) is 28.6. The van der Waals surface area contributed by atoms with E-state index in [1.807, 2.05) is 62.1 Å². The van der Waals surface area contributed by atoms with E-state index in [0.717, 1.165) is 106 Å². The van der Waals surface area contributed by atoms with Crippen LogP contribution in [0.1, 0.15) is 50.8 Å². The van der Waals surface area contributed by atoms with Crippen molar-refractivity contribution in [3.8, 4) is 0 Å². The smallest absolute Gasteiger partial charge is 0.264 e. The Morgan fingerprint density at radius 1 is 0.458 bits per heavy atom. The predicted molar refractivity (Wildman–Crippen MR) is 479 cm³/mol. The van der Waals surface area contributed by atoms with Crippen molar-refractivity contribution in [3.63, 3.8) is 0 Å². The van der Waals surface area contributed by atoms with Crippen LogP contribution in [-0.4, -0.2) is 233 Å². The largest absolute Gasteiger partial charge is 0.399 e. The van der Waals surface area contributed by atoms with E-state index in [9.17, 15) is 50.5 Å². The Bertz CT molecular complexity index is 5300. The number of ether oxygens (including phenoxy) is 1. The van der Waals surface area contributed by atoms with Crippen molar-refractivity contribution in [1.29, 1.82) is 0 Å². The molecule has 36 nitrogen and oxygen atoms in total. The van der Waals surface area contributed by atoms with Gasteiger partial charge >= 0.3 is 0 Å². The maximum absolute atomic E-state index is 12.8. The number of aliphatic hydroxyl groups excluding tert-OH is 3. The second-order valence-electron chi connectivity index (χ2n) is 27.8. The molecule has 0 saturated carbocycles. The van der Waals surface area contributed by atoms with Gasteiger partial charge in [-0.2, -0.15) is 4.31 Å². The molecule has 120 heavy (non-hydrogen) atoms. The molecule has 3 fully saturated rings. The van der Waals surface area contributed by atoms with Gasteiger partial charge in [0.2, 0.25) is 50.1 Å². The minimum Gasteiger partial charge on any atom is -0.399 e. The third-order valence-corrected chi connectivity index (χ3v) is 27.9. The van der Waals surface area contributed by atoms with Gasteiger partial charge in [0.05, 0.1) is 67.2 Å². The van der Waals surface area contributed by atoms with Crippen molar-refractivity contribution in [1.82, 2.24) is 33.1 Å². The second kappa shape index (κ2) is 47.0. The lowest BCUT2D eigenvalue weighted by molar-refractivity contribution is 0.0961. The Hall–Kier alpha value is -9.61. The van der Waals surface area contributed by atoms with Crippen LogP contribution in [0.2, 0.25) is 0 Å². The molecule has 0 radical (unpaired) electrons. The first kappa shape index (κ1) is 99.2. The van der Waals surface area contributed by atoms with Crippen molar-refractivity contribution in [2.24, 2.45) is 0 Å². The highest BCUT2D eigenvalue weighted by molar-refractivity contribution is 7.93. The van der Waals surface area contributed by atoms with E-state index in [4.69, 9.17) is 60.2 Å². The summed E-state index contributed by atoms with van der Waals surface area (Å²) in [5.41, 5.74) is 47.9. The van der Waals surface area contributed by atoms with E-state index in [-0.39, 0.29) is 89.4 Å². The highest BCUT2D eigenvalue weighted by Crippen LogP contribution is 2.35. The number of hydrogen-bond donors (Lipinski definition) is 16. The van der Waals surface area contributed by atoms with Crippen molar-refractivity contribution in [2.75, 3.05) is 223 Å². The number of aryl methyl sites for hydroxylation is 1. The number of nitrogens with zero attached hydrogens (tertiary/aromatic N) is 7. The standard InChI is InChI=1S/C17H21N3O2S.C15H20N4O2S.C14H23N3O2S.C12H20N4O2S.2C10H17N3O4S/c1-13-4-7-15(8-5-13)19-23(21,22)17-12-14(18)6-9-16(17)20-10-2-3-11-20;1-19(2)14-7-6-12(16)11-15(14)22(20,21)18-10-8-13-5-3-4-9-17-13;1-3-16(4-2)13-8-7-12(15)11-14(13)20(18,19)17-9-5-6-10-17;1-14-19(17,18)12-9-10(13)3-4-11(12)16-7-5-15(2)6-8-16;11-8-1-2-9(12)10(7-8)18(15,16)13-3-5-17-6-4-14;11-8-1-2-9(12-3-5-14)10(7-8)18(16,17)13-4-6-15/h4-9,12,19H,2-3,10-11,18H2,1H3;3-7,9,11,18H,8,10,16H2,1-2H3;7-8,11H,3-6,9-10,15H2,1-2H3;3-4,9,14H,5-8,13H2,1-2H3;1-2,7,13-14H,3-6,11-12H2;1-2,7,12-15H,3-6,11H2. The molecule has 3 aliphatic rings. The number of anilines is 13. The highest BCUT2D eigenvalue weighted by atomic mass is 32.2. The number of likely N-dealkylation sites (N-methyl/N-ethyl adjacent to an activating group) is 1. The van der Waals surface area contributed by atoms with Gasteiger partial charge in [-0.05, 0) is 194 Å². The predicted octanol–water partition coefficient (Wildman–Crippen LogP) is 4.14. The van der Waals surface area contributed by atoms with E-state index in [1.54, 1.807) is 96.2 Å². The molecule has 4 heterocycles. The fraction of sp³-hybridized carbons (Fsp3) is 0.397. The Balaban J connectivity index is 0.000000224. The highest BCUT2D eigenvalue weighted by Gasteiger charge is 2.32. The monoisotopic (exact) mass is 1780 g/mol. The van der Waals surface area contributed by atoms with Gasteiger partial charge in [0, 0.05) is 164 Å². The maximum atomic E-state index is 12.8. The Morgan fingerprint density at radius 2 is 0.925 bits per heavy atom. The number of pyridine rings is 1. The summed E-state index contributed by atoms with van der Waals surface area (Å²) >= 11 is 0. The molecule has 8 aromatic rings. The molecular weight excluding hydrogens is 1670 g/mol. The quantitative estimate of drug-likeness (QED) is 0.0208. The number of aliphatic hydroxyl groups is 3. The summed E-state index contributed by atoms with van der Waals surface area (Å²) in [6.45, 7) is 14.3. The molecule has 0 unspecified atom stereocenters. The van der Waals surface area contributed by atoms with Crippen LogP contribution in [-0.2, 0) is 71.3 Å². The van der Waals surface area contributed by atoms with Crippen molar-refractivity contribution in [3.05, 3.63) is 169 Å². The van der Waals surface area contributed by atoms with Gasteiger partial charge in [-0.15, -0.1) is 0 Å². The summed E-state index contributed by atoms with van der Waals surface area (Å²) < 4.78 is 167. The van der Waals surface area contributed by atoms with Crippen LogP contribution in [0.4, 0.5) is 73.9 Å². The van der Waals surface area contributed by atoms with Crippen molar-refractivity contribution in [2.45, 2.75) is 82.2 Å². The molecule has 0 atom stereocenters. The molecule has 0 bridgehead atoms. The first-order valence-corrected chi connectivity index (χ1v) is 47.4. The Morgan fingerprint density at radius 3 is 1.46 bits per heavy atom. The van der Waals surface area contributed by atoms with Gasteiger partial charge in [0.25, 0.3) is 10.0 Å². The minimum absolute atomic E-state index is 0.00981. The molecule has 0 amide bonds. The molecule has 7 aromatic carbocycles.